The first-order valence-electron chi connectivity index (χ1n) is 10.8. The third kappa shape index (κ3) is 6.45. The molecule has 3 N–H and O–H groups in total. The van der Waals surface area contributed by atoms with E-state index in [1.54, 1.807) is 0 Å². The number of Topliss-reactive ketones (excluding diaryl/α,β-unsaturated/α-hetero) is 2. The van der Waals surface area contributed by atoms with Gasteiger partial charge in [-0.15, -0.1) is 0 Å². The van der Waals surface area contributed by atoms with E-state index >= 15 is 0 Å². The molecule has 0 spiro atoms. The number of nitrogens with zero attached hydrogens (tertiary/aromatic N) is 1. The van der Waals surface area contributed by atoms with Crippen LogP contribution in [0.2, 0.25) is 0 Å². The summed E-state index contributed by atoms with van der Waals surface area (Å²) < 4.78 is 6.91. The highest BCUT2D eigenvalue weighted by atomic mass is 32.1. The molecule has 0 bridgehead atoms. The second-order valence-corrected chi connectivity index (χ2v) is 9.61. The number of benzene rings is 2. The van der Waals surface area contributed by atoms with E-state index in [4.69, 9.17) is 10.5 Å². The van der Waals surface area contributed by atoms with Gasteiger partial charge < -0.3 is 15.6 Å². The molecule has 0 saturated heterocycles. The van der Waals surface area contributed by atoms with E-state index in [2.05, 4.69) is 4.98 Å². The molecule has 170 valence electrons. The molecule has 32 heavy (non-hydrogen) atoms. The summed E-state index contributed by atoms with van der Waals surface area (Å²) in [7, 11) is 0. The van der Waals surface area contributed by atoms with Crippen molar-refractivity contribution in [3.63, 3.8) is 0 Å². The highest BCUT2D eigenvalue weighted by Gasteiger charge is 2.27. The van der Waals surface area contributed by atoms with Gasteiger partial charge in [0.15, 0.2) is 5.78 Å². The first-order chi connectivity index (χ1) is 15.2. The Labute approximate surface area is 192 Å². The molecule has 0 fully saturated rings. The second-order valence-electron chi connectivity index (χ2n) is 8.61. The maximum atomic E-state index is 12.5. The van der Waals surface area contributed by atoms with Crippen LogP contribution in [0.5, 0.6) is 10.9 Å². The van der Waals surface area contributed by atoms with Gasteiger partial charge in [0.05, 0.1) is 10.2 Å². The van der Waals surface area contributed by atoms with Crippen LogP contribution in [0.15, 0.2) is 48.5 Å². The van der Waals surface area contributed by atoms with Crippen LogP contribution in [0, 0.1) is 11.8 Å². The number of carbonyl (C=O) groups excluding carboxylic acids is 2. The van der Waals surface area contributed by atoms with E-state index in [0.29, 0.717) is 29.7 Å². The highest BCUT2D eigenvalue weighted by Crippen LogP contribution is 2.31. The Bertz CT molecular complexity index is 1030. The SMILES string of the molecule is CC(=O)[C@@H](CC(=O)[C@@H](O)[C@H](N)Cc1ccc(Oc2nc3ccccc3s2)cc1)CC(C)C. The Kier molecular flexibility index (Phi) is 8.12. The standard InChI is InChI=1S/C25H30N2O4S/c1-15(2)12-18(16(3)28)14-22(29)24(30)20(26)13-17-8-10-19(11-9-17)31-25-27-21-6-4-5-7-23(21)32-25/h4-11,15,18,20,24,30H,12-14,26H2,1-3H3/t18-,20-,24+/m1/s1. The molecule has 0 amide bonds. The number of aliphatic hydroxyl groups excluding tert-OH is 1. The van der Waals surface area contributed by atoms with Crippen LogP contribution in [-0.2, 0) is 16.0 Å². The van der Waals surface area contributed by atoms with E-state index < -0.39 is 12.1 Å². The lowest BCUT2D eigenvalue weighted by Crippen LogP contribution is -2.43. The van der Waals surface area contributed by atoms with Gasteiger partial charge in [0, 0.05) is 18.4 Å². The van der Waals surface area contributed by atoms with Crippen LogP contribution in [-0.4, -0.2) is 33.8 Å². The predicted molar refractivity (Wildman–Crippen MR) is 127 cm³/mol. The number of ether oxygens (including phenoxy) is 1. The van der Waals surface area contributed by atoms with Crippen molar-refractivity contribution in [2.75, 3.05) is 0 Å². The van der Waals surface area contributed by atoms with Gasteiger partial charge in [-0.25, -0.2) is 4.98 Å². The Morgan fingerprint density at radius 3 is 2.44 bits per heavy atom. The number of rotatable bonds is 11. The molecule has 2 aromatic carbocycles. The van der Waals surface area contributed by atoms with Crippen LogP contribution in [0.1, 0.15) is 39.2 Å². The third-order valence-corrected chi connectivity index (χ3v) is 6.30. The Balaban J connectivity index is 1.56. The summed E-state index contributed by atoms with van der Waals surface area (Å²) in [5.41, 5.74) is 7.89. The number of aliphatic hydroxyl groups is 1. The molecular weight excluding hydrogens is 424 g/mol. The average Bonchev–Trinajstić information content (AvgIpc) is 3.15. The molecule has 6 nitrogen and oxygen atoms in total. The summed E-state index contributed by atoms with van der Waals surface area (Å²) in [6.07, 6.45) is -0.317. The minimum Gasteiger partial charge on any atom is -0.431 e. The quantitative estimate of drug-likeness (QED) is 0.441. The number of ketones is 2. The minimum atomic E-state index is -1.30. The summed E-state index contributed by atoms with van der Waals surface area (Å²) in [5.74, 6) is 0.163. The third-order valence-electron chi connectivity index (χ3n) is 5.39. The van der Waals surface area contributed by atoms with E-state index in [9.17, 15) is 14.7 Å². The highest BCUT2D eigenvalue weighted by molar-refractivity contribution is 7.20. The molecule has 3 atom stereocenters. The minimum absolute atomic E-state index is 0.0251. The molecule has 0 radical (unpaired) electrons. The zero-order valence-electron chi connectivity index (χ0n) is 18.7. The van der Waals surface area contributed by atoms with Crippen molar-refractivity contribution in [3.05, 3.63) is 54.1 Å². The lowest BCUT2D eigenvalue weighted by Gasteiger charge is -2.21. The first-order valence-corrected chi connectivity index (χ1v) is 11.6. The molecular formula is C25H30N2O4S. The monoisotopic (exact) mass is 454 g/mol. The summed E-state index contributed by atoms with van der Waals surface area (Å²) in [4.78, 5) is 28.8. The number of fused-ring (bicyclic) bond motifs is 1. The second kappa shape index (κ2) is 10.8. The summed E-state index contributed by atoms with van der Waals surface area (Å²) in [6.45, 7) is 5.50. The number of aromatic nitrogens is 1. The fraction of sp³-hybridized carbons (Fsp3) is 0.400. The first kappa shape index (κ1) is 24.0. The normalized spacial score (nSPS) is 14.3. The molecule has 1 aromatic heterocycles. The van der Waals surface area contributed by atoms with Gasteiger partial charge in [0.2, 0.25) is 0 Å². The molecule has 3 aromatic rings. The zero-order chi connectivity index (χ0) is 23.3. The number of para-hydroxylation sites is 1. The van der Waals surface area contributed by atoms with E-state index in [-0.39, 0.29) is 23.9 Å². The lowest BCUT2D eigenvalue weighted by molar-refractivity contribution is -0.132. The molecule has 0 unspecified atom stereocenters. The summed E-state index contributed by atoms with van der Waals surface area (Å²) in [6, 6.07) is 14.4. The number of hydrogen-bond donors (Lipinski definition) is 2. The number of carbonyl (C=O) groups is 2. The topological polar surface area (TPSA) is 103 Å². The van der Waals surface area contributed by atoms with Crippen LogP contribution >= 0.6 is 11.3 Å². The van der Waals surface area contributed by atoms with Gasteiger partial charge >= 0.3 is 0 Å². The maximum absolute atomic E-state index is 12.5. The Hall–Kier alpha value is -2.61. The van der Waals surface area contributed by atoms with Gasteiger partial charge in [-0.3, -0.25) is 9.59 Å². The van der Waals surface area contributed by atoms with Crippen molar-refractivity contribution >= 4 is 33.1 Å². The lowest BCUT2D eigenvalue weighted by atomic mass is 9.87. The number of hydrogen-bond acceptors (Lipinski definition) is 7. The molecule has 7 heteroatoms. The Morgan fingerprint density at radius 1 is 1.12 bits per heavy atom. The van der Waals surface area contributed by atoms with Gasteiger partial charge in [-0.2, -0.15) is 0 Å². The van der Waals surface area contributed by atoms with E-state index in [1.165, 1.54) is 18.3 Å². The summed E-state index contributed by atoms with van der Waals surface area (Å²) >= 11 is 1.48. The van der Waals surface area contributed by atoms with Gasteiger partial charge in [-0.05, 0) is 55.5 Å². The van der Waals surface area contributed by atoms with E-state index in [1.807, 2.05) is 62.4 Å². The van der Waals surface area contributed by atoms with Crippen molar-refractivity contribution in [3.8, 4) is 10.9 Å². The average molecular weight is 455 g/mol. The van der Waals surface area contributed by atoms with Crippen molar-refractivity contribution in [2.45, 2.75) is 52.2 Å². The van der Waals surface area contributed by atoms with E-state index in [0.717, 1.165) is 15.8 Å². The van der Waals surface area contributed by atoms with Crippen molar-refractivity contribution < 1.29 is 19.4 Å². The largest absolute Gasteiger partial charge is 0.431 e. The maximum Gasteiger partial charge on any atom is 0.279 e. The van der Waals surface area contributed by atoms with Crippen LogP contribution in [0.4, 0.5) is 0 Å². The molecule has 0 aliphatic carbocycles. The van der Waals surface area contributed by atoms with Gasteiger partial charge in [0.25, 0.3) is 5.19 Å². The Morgan fingerprint density at radius 2 is 1.81 bits per heavy atom. The van der Waals surface area contributed by atoms with Crippen LogP contribution in [0.25, 0.3) is 10.2 Å². The predicted octanol–water partition coefficient (Wildman–Crippen LogP) is 4.53. The fourth-order valence-electron chi connectivity index (χ4n) is 3.64. The van der Waals surface area contributed by atoms with Crippen molar-refractivity contribution in [1.82, 2.24) is 4.98 Å². The number of thiazole rings is 1. The molecule has 1 heterocycles. The molecule has 0 aliphatic rings. The van der Waals surface area contributed by atoms with Gasteiger partial charge in [0.1, 0.15) is 17.6 Å². The fourth-order valence-corrected chi connectivity index (χ4v) is 4.47. The van der Waals surface area contributed by atoms with Crippen molar-refractivity contribution in [1.29, 1.82) is 0 Å². The smallest absolute Gasteiger partial charge is 0.279 e. The van der Waals surface area contributed by atoms with Crippen molar-refractivity contribution in [2.24, 2.45) is 17.6 Å². The van der Waals surface area contributed by atoms with Crippen LogP contribution < -0.4 is 10.5 Å². The molecule has 0 saturated carbocycles. The molecule has 3 rings (SSSR count). The molecule has 0 aliphatic heterocycles. The van der Waals surface area contributed by atoms with Crippen LogP contribution in [0.3, 0.4) is 0 Å². The zero-order valence-corrected chi connectivity index (χ0v) is 19.5. The summed E-state index contributed by atoms with van der Waals surface area (Å²) in [5, 5.41) is 11.0. The van der Waals surface area contributed by atoms with Gasteiger partial charge in [-0.1, -0.05) is 49.4 Å². The number of nitrogens with two attached hydrogens (primary N) is 1.